The zero-order valence-electron chi connectivity index (χ0n) is 15.8. The van der Waals surface area contributed by atoms with Gasteiger partial charge in [-0.2, -0.15) is 0 Å². The zero-order chi connectivity index (χ0) is 19.8. The minimum Gasteiger partial charge on any atom is -0.456 e. The molecule has 2 aromatic rings. The van der Waals surface area contributed by atoms with Gasteiger partial charge in [0.05, 0.1) is 6.42 Å². The van der Waals surface area contributed by atoms with Gasteiger partial charge in [-0.3, -0.25) is 9.59 Å². The smallest absolute Gasteiger partial charge is 0.307 e. The molecule has 4 nitrogen and oxygen atoms in total. The number of hydrogen-bond donors (Lipinski definition) is 1. The molecule has 0 saturated heterocycles. The SMILES string of the molecule is Cc1cccc(C(C)C)c1NC(=O)COC(=O)CCSc1ccc(F)cc1. The van der Waals surface area contributed by atoms with Crippen molar-refractivity contribution in [2.45, 2.75) is 38.0 Å². The summed E-state index contributed by atoms with van der Waals surface area (Å²) in [6.45, 7) is 5.73. The molecule has 0 aliphatic heterocycles. The van der Waals surface area contributed by atoms with Crippen molar-refractivity contribution in [1.82, 2.24) is 0 Å². The first kappa shape index (κ1) is 21.0. The highest BCUT2D eigenvalue weighted by molar-refractivity contribution is 7.99. The standard InChI is InChI=1S/C21H24FNO3S/c1-14(2)18-6-4-5-15(3)21(18)23-19(24)13-26-20(25)11-12-27-17-9-7-16(22)8-10-17/h4-10,14H,11-13H2,1-3H3,(H,23,24). The molecule has 0 aromatic heterocycles. The number of nitrogens with one attached hydrogen (secondary N) is 1. The number of benzene rings is 2. The van der Waals surface area contributed by atoms with E-state index in [9.17, 15) is 14.0 Å². The molecule has 0 saturated carbocycles. The van der Waals surface area contributed by atoms with Gasteiger partial charge in [-0.1, -0.05) is 32.0 Å². The van der Waals surface area contributed by atoms with Crippen molar-refractivity contribution in [3.05, 3.63) is 59.4 Å². The third-order valence-corrected chi connectivity index (χ3v) is 4.96. The highest BCUT2D eigenvalue weighted by atomic mass is 32.2. The molecule has 0 atom stereocenters. The molecule has 0 spiro atoms. The molecule has 144 valence electrons. The third-order valence-electron chi connectivity index (χ3n) is 3.94. The number of amides is 1. The molecule has 0 bridgehead atoms. The van der Waals surface area contributed by atoms with Crippen molar-refractivity contribution < 1.29 is 18.7 Å². The average Bonchev–Trinajstić information content (AvgIpc) is 2.63. The number of ether oxygens (including phenoxy) is 1. The van der Waals surface area contributed by atoms with Gasteiger partial charge in [-0.15, -0.1) is 11.8 Å². The maximum atomic E-state index is 12.8. The molecule has 0 fully saturated rings. The van der Waals surface area contributed by atoms with E-state index in [2.05, 4.69) is 19.2 Å². The lowest BCUT2D eigenvalue weighted by atomic mass is 9.98. The van der Waals surface area contributed by atoms with Crippen molar-refractivity contribution in [3.63, 3.8) is 0 Å². The molecule has 1 N–H and O–H groups in total. The van der Waals surface area contributed by atoms with Crippen molar-refractivity contribution in [1.29, 1.82) is 0 Å². The molecule has 0 aliphatic carbocycles. The minimum absolute atomic E-state index is 0.178. The lowest BCUT2D eigenvalue weighted by molar-refractivity contribution is -0.146. The van der Waals surface area contributed by atoms with E-state index in [1.165, 1.54) is 23.9 Å². The molecule has 1 amide bonds. The van der Waals surface area contributed by atoms with Crippen molar-refractivity contribution in [2.75, 3.05) is 17.7 Å². The summed E-state index contributed by atoms with van der Waals surface area (Å²) in [6.07, 6.45) is 0.178. The minimum atomic E-state index is -0.436. The van der Waals surface area contributed by atoms with Gasteiger partial charge in [0.2, 0.25) is 0 Å². The maximum Gasteiger partial charge on any atom is 0.307 e. The van der Waals surface area contributed by atoms with Gasteiger partial charge in [0, 0.05) is 16.3 Å². The second kappa shape index (κ2) is 10.1. The fourth-order valence-electron chi connectivity index (χ4n) is 2.52. The summed E-state index contributed by atoms with van der Waals surface area (Å²) in [5.41, 5.74) is 2.79. The van der Waals surface area contributed by atoms with E-state index < -0.39 is 5.97 Å². The Morgan fingerprint density at radius 1 is 1.15 bits per heavy atom. The maximum absolute atomic E-state index is 12.8. The second-order valence-corrected chi connectivity index (χ2v) is 7.62. The van der Waals surface area contributed by atoms with E-state index in [0.717, 1.165) is 21.7 Å². The van der Waals surface area contributed by atoms with Crippen LogP contribution < -0.4 is 5.32 Å². The molecular weight excluding hydrogens is 365 g/mol. The van der Waals surface area contributed by atoms with Crippen molar-refractivity contribution >= 4 is 29.3 Å². The number of rotatable bonds is 8. The number of anilines is 1. The first-order valence-corrected chi connectivity index (χ1v) is 9.78. The Morgan fingerprint density at radius 3 is 2.52 bits per heavy atom. The predicted molar refractivity (Wildman–Crippen MR) is 107 cm³/mol. The Balaban J connectivity index is 1.77. The summed E-state index contributed by atoms with van der Waals surface area (Å²) < 4.78 is 17.9. The number of thioether (sulfide) groups is 1. The number of carbonyl (C=O) groups excluding carboxylic acids is 2. The summed E-state index contributed by atoms with van der Waals surface area (Å²) >= 11 is 1.43. The van der Waals surface area contributed by atoms with Crippen LogP contribution in [0.3, 0.4) is 0 Å². The van der Waals surface area contributed by atoms with Crippen LogP contribution in [0.15, 0.2) is 47.4 Å². The Labute approximate surface area is 163 Å². The van der Waals surface area contributed by atoms with Gasteiger partial charge in [0.1, 0.15) is 5.82 Å². The normalized spacial score (nSPS) is 10.7. The Kier molecular flexibility index (Phi) is 7.85. The molecule has 0 aliphatic rings. The quantitative estimate of drug-likeness (QED) is 0.514. The van der Waals surface area contributed by atoms with E-state index >= 15 is 0 Å². The molecule has 0 radical (unpaired) electrons. The van der Waals surface area contributed by atoms with Crippen LogP contribution in [0.2, 0.25) is 0 Å². The van der Waals surface area contributed by atoms with E-state index in [1.54, 1.807) is 12.1 Å². The van der Waals surface area contributed by atoms with Crippen LogP contribution in [0, 0.1) is 12.7 Å². The Bertz CT molecular complexity index is 791. The molecule has 27 heavy (non-hydrogen) atoms. The number of halogens is 1. The van der Waals surface area contributed by atoms with Crippen LogP contribution >= 0.6 is 11.8 Å². The lowest BCUT2D eigenvalue weighted by Gasteiger charge is -2.16. The van der Waals surface area contributed by atoms with Crippen LogP contribution in [-0.2, 0) is 14.3 Å². The van der Waals surface area contributed by atoms with Gasteiger partial charge in [0.15, 0.2) is 6.61 Å². The van der Waals surface area contributed by atoms with E-state index in [-0.39, 0.29) is 30.7 Å². The number of hydrogen-bond acceptors (Lipinski definition) is 4. The zero-order valence-corrected chi connectivity index (χ0v) is 16.6. The van der Waals surface area contributed by atoms with Gasteiger partial charge in [-0.05, 0) is 48.2 Å². The number of para-hydroxylation sites is 1. The van der Waals surface area contributed by atoms with Gasteiger partial charge >= 0.3 is 5.97 Å². The molecule has 2 aromatic carbocycles. The van der Waals surface area contributed by atoms with E-state index in [4.69, 9.17) is 4.74 Å². The number of carbonyl (C=O) groups is 2. The monoisotopic (exact) mass is 389 g/mol. The predicted octanol–water partition coefficient (Wildman–Crippen LogP) is 4.92. The fraction of sp³-hybridized carbons (Fsp3) is 0.333. The third kappa shape index (κ3) is 6.71. The summed E-state index contributed by atoms with van der Waals surface area (Å²) in [5.74, 6) is -0.314. The van der Waals surface area contributed by atoms with Gasteiger partial charge in [-0.25, -0.2) is 4.39 Å². The van der Waals surface area contributed by atoms with E-state index in [1.807, 2.05) is 25.1 Å². The van der Waals surface area contributed by atoms with Gasteiger partial charge < -0.3 is 10.1 Å². The van der Waals surface area contributed by atoms with Crippen LogP contribution in [0.25, 0.3) is 0 Å². The largest absolute Gasteiger partial charge is 0.456 e. The highest BCUT2D eigenvalue weighted by Gasteiger charge is 2.13. The fourth-order valence-corrected chi connectivity index (χ4v) is 3.35. The molecule has 0 unspecified atom stereocenters. The van der Waals surface area contributed by atoms with Crippen LogP contribution in [0.4, 0.5) is 10.1 Å². The summed E-state index contributed by atoms with van der Waals surface area (Å²) in [7, 11) is 0. The van der Waals surface area contributed by atoms with Crippen LogP contribution in [0.5, 0.6) is 0 Å². The molecule has 0 heterocycles. The number of aryl methyl sites for hydroxylation is 1. The second-order valence-electron chi connectivity index (χ2n) is 6.46. The molecular formula is C21H24FNO3S. The molecule has 6 heteroatoms. The first-order chi connectivity index (χ1) is 12.9. The van der Waals surface area contributed by atoms with Crippen molar-refractivity contribution in [3.8, 4) is 0 Å². The highest BCUT2D eigenvalue weighted by Crippen LogP contribution is 2.27. The summed E-state index contributed by atoms with van der Waals surface area (Å²) in [5, 5.41) is 2.85. The average molecular weight is 389 g/mol. The summed E-state index contributed by atoms with van der Waals surface area (Å²) in [6, 6.07) is 11.9. The summed E-state index contributed by atoms with van der Waals surface area (Å²) in [4.78, 5) is 24.8. The first-order valence-electron chi connectivity index (χ1n) is 8.80. The van der Waals surface area contributed by atoms with Gasteiger partial charge in [0.25, 0.3) is 5.91 Å². The topological polar surface area (TPSA) is 55.4 Å². The lowest BCUT2D eigenvalue weighted by Crippen LogP contribution is -2.22. The Hall–Kier alpha value is -2.34. The Morgan fingerprint density at radius 2 is 1.85 bits per heavy atom. The number of esters is 1. The van der Waals surface area contributed by atoms with Crippen molar-refractivity contribution in [2.24, 2.45) is 0 Å². The molecule has 2 rings (SSSR count). The van der Waals surface area contributed by atoms with Crippen LogP contribution in [-0.4, -0.2) is 24.2 Å². The van der Waals surface area contributed by atoms with Crippen LogP contribution in [0.1, 0.15) is 37.3 Å². The van der Waals surface area contributed by atoms with E-state index in [0.29, 0.717) is 5.75 Å².